The van der Waals surface area contributed by atoms with Gasteiger partial charge in [0.2, 0.25) is 10.0 Å². The molecule has 3 nitrogen and oxygen atoms in total. The number of carbonyl (C=O) groups is 1. The summed E-state index contributed by atoms with van der Waals surface area (Å²) in [5.41, 5.74) is -0.656. The number of cyclic esters (lactones) is 1. The zero-order chi connectivity index (χ0) is 12.0. The number of esters is 1. The van der Waals surface area contributed by atoms with E-state index in [9.17, 15) is 4.79 Å². The van der Waals surface area contributed by atoms with E-state index in [4.69, 9.17) is 39.5 Å². The molecule has 2 fully saturated rings. The normalized spacial score (nSPS) is 34.9. The molecule has 0 radical (unpaired) electrons. The molecule has 0 bridgehead atoms. The number of fused-ring (bicyclic) bond motifs is 1. The first kappa shape index (κ1) is 12.5. The van der Waals surface area contributed by atoms with Crippen molar-refractivity contribution in [3.05, 3.63) is 12.7 Å². The first-order valence-electron chi connectivity index (χ1n) is 5.07. The van der Waals surface area contributed by atoms with Gasteiger partial charge in [0.15, 0.2) is 0 Å². The molecule has 2 saturated heterocycles. The molecule has 0 N–H and O–H groups in total. The molecule has 0 aromatic rings. The summed E-state index contributed by atoms with van der Waals surface area (Å²) in [7, 11) is 0. The van der Waals surface area contributed by atoms with Gasteiger partial charge in [0, 0.05) is 6.54 Å². The number of nitrogens with zero attached hydrogens (tertiary/aromatic N) is 1. The Labute approximate surface area is 109 Å². The van der Waals surface area contributed by atoms with E-state index in [2.05, 4.69) is 6.58 Å². The van der Waals surface area contributed by atoms with E-state index in [-0.39, 0.29) is 5.97 Å². The van der Waals surface area contributed by atoms with Gasteiger partial charge in [-0.25, -0.2) is 9.69 Å². The van der Waals surface area contributed by atoms with Crippen molar-refractivity contribution in [2.24, 2.45) is 0 Å². The van der Waals surface area contributed by atoms with E-state index < -0.39 is 15.6 Å². The topological polar surface area (TPSA) is 29.5 Å². The average molecular weight is 285 g/mol. The number of alkyl halides is 3. The molecule has 0 saturated carbocycles. The minimum Gasteiger partial charge on any atom is -0.440 e. The van der Waals surface area contributed by atoms with Crippen molar-refractivity contribution < 1.29 is 9.53 Å². The molecule has 2 rings (SSSR count). The maximum Gasteiger partial charge on any atom is 0.328 e. The monoisotopic (exact) mass is 283 g/mol. The molecular weight excluding hydrogens is 272 g/mol. The Balaban J connectivity index is 2.32. The Bertz CT molecular complexity index is 329. The highest BCUT2D eigenvalue weighted by molar-refractivity contribution is 6.68. The van der Waals surface area contributed by atoms with Crippen molar-refractivity contribution in [3.8, 4) is 0 Å². The van der Waals surface area contributed by atoms with Crippen LogP contribution in [0.2, 0.25) is 0 Å². The van der Waals surface area contributed by atoms with E-state index in [1.807, 2.05) is 4.90 Å². The Morgan fingerprint density at radius 1 is 1.62 bits per heavy atom. The minimum absolute atomic E-state index is 0.304. The summed E-state index contributed by atoms with van der Waals surface area (Å²) < 4.78 is 3.58. The lowest BCUT2D eigenvalue weighted by atomic mass is 9.93. The highest BCUT2D eigenvalue weighted by atomic mass is 35.6. The highest BCUT2D eigenvalue weighted by Crippen LogP contribution is 2.47. The molecular formula is C10H12Cl3NO2. The van der Waals surface area contributed by atoms with Crippen LogP contribution >= 0.6 is 34.8 Å². The maximum absolute atomic E-state index is 11.9. The van der Waals surface area contributed by atoms with Crippen molar-refractivity contribution in [2.75, 3.05) is 6.54 Å². The number of ether oxygens (including phenoxy) is 1. The molecule has 2 aliphatic heterocycles. The summed E-state index contributed by atoms with van der Waals surface area (Å²) in [5.74, 6) is -0.304. The molecule has 90 valence electrons. The summed E-state index contributed by atoms with van der Waals surface area (Å²) in [4.78, 5) is 13.8. The van der Waals surface area contributed by atoms with Crippen LogP contribution in [-0.4, -0.2) is 33.0 Å². The molecule has 0 aliphatic carbocycles. The van der Waals surface area contributed by atoms with Gasteiger partial charge in [-0.15, -0.1) is 6.58 Å². The van der Waals surface area contributed by atoms with E-state index in [0.29, 0.717) is 13.0 Å². The van der Waals surface area contributed by atoms with Crippen LogP contribution in [0.25, 0.3) is 0 Å². The quantitative estimate of drug-likeness (QED) is 0.443. The third-order valence-corrected chi connectivity index (χ3v) is 3.74. The van der Waals surface area contributed by atoms with Crippen LogP contribution in [0.5, 0.6) is 0 Å². The van der Waals surface area contributed by atoms with Crippen LogP contribution in [-0.2, 0) is 9.53 Å². The zero-order valence-corrected chi connectivity index (χ0v) is 10.9. The fourth-order valence-corrected chi connectivity index (χ4v) is 3.01. The second-order valence-corrected chi connectivity index (χ2v) is 6.49. The number of halogens is 3. The lowest BCUT2D eigenvalue weighted by Crippen LogP contribution is -2.48. The summed E-state index contributed by atoms with van der Waals surface area (Å²) in [6.45, 7) is 4.37. The summed E-state index contributed by atoms with van der Waals surface area (Å²) in [6, 6.07) is 0. The first-order valence-corrected chi connectivity index (χ1v) is 6.21. The van der Waals surface area contributed by atoms with Gasteiger partial charge >= 0.3 is 5.97 Å². The Kier molecular flexibility index (Phi) is 3.17. The Morgan fingerprint density at radius 3 is 2.88 bits per heavy atom. The average Bonchev–Trinajstić information content (AvgIpc) is 2.66. The largest absolute Gasteiger partial charge is 0.440 e. The van der Waals surface area contributed by atoms with Crippen LogP contribution in [0.1, 0.15) is 19.3 Å². The lowest BCUT2D eigenvalue weighted by molar-refractivity contribution is -0.145. The molecule has 0 amide bonds. The first-order chi connectivity index (χ1) is 7.42. The molecule has 0 aromatic heterocycles. The second-order valence-electron chi connectivity index (χ2n) is 4.12. The second kappa shape index (κ2) is 4.05. The van der Waals surface area contributed by atoms with Crippen molar-refractivity contribution in [3.63, 3.8) is 0 Å². The molecule has 0 aromatic carbocycles. The number of carbonyl (C=O) groups excluding carboxylic acids is 1. The van der Waals surface area contributed by atoms with Crippen molar-refractivity contribution in [1.29, 1.82) is 0 Å². The fourth-order valence-electron chi connectivity index (χ4n) is 2.52. The van der Waals surface area contributed by atoms with Crippen molar-refractivity contribution >= 4 is 40.8 Å². The molecule has 2 heterocycles. The smallest absolute Gasteiger partial charge is 0.328 e. The van der Waals surface area contributed by atoms with Gasteiger partial charge in [-0.2, -0.15) is 0 Å². The van der Waals surface area contributed by atoms with Gasteiger partial charge < -0.3 is 4.74 Å². The van der Waals surface area contributed by atoms with Crippen molar-refractivity contribution in [2.45, 2.75) is 34.8 Å². The van der Waals surface area contributed by atoms with Crippen LogP contribution in [0, 0.1) is 0 Å². The van der Waals surface area contributed by atoms with Crippen LogP contribution in [0.15, 0.2) is 12.7 Å². The molecule has 16 heavy (non-hydrogen) atoms. The minimum atomic E-state index is -1.61. The molecule has 1 unspecified atom stereocenters. The molecule has 2 atom stereocenters. The van der Waals surface area contributed by atoms with Crippen LogP contribution < -0.4 is 0 Å². The van der Waals surface area contributed by atoms with Crippen LogP contribution in [0.4, 0.5) is 0 Å². The van der Waals surface area contributed by atoms with Crippen LogP contribution in [0.3, 0.4) is 0 Å². The lowest BCUT2D eigenvalue weighted by Gasteiger charge is -2.31. The maximum atomic E-state index is 11.9. The van der Waals surface area contributed by atoms with Gasteiger partial charge in [0.25, 0.3) is 0 Å². The number of hydrogen-bond acceptors (Lipinski definition) is 3. The SMILES string of the molecule is C=CCC12CCCN1[C@@H](C(Cl)(Cl)Cl)OC2=O. The third-order valence-electron chi connectivity index (χ3n) is 3.18. The van der Waals surface area contributed by atoms with E-state index in [1.165, 1.54) is 0 Å². The van der Waals surface area contributed by atoms with Crippen molar-refractivity contribution in [1.82, 2.24) is 4.90 Å². The van der Waals surface area contributed by atoms with Gasteiger partial charge in [-0.1, -0.05) is 40.9 Å². The molecule has 6 heteroatoms. The Hall–Kier alpha value is 0.0400. The predicted molar refractivity (Wildman–Crippen MR) is 63.7 cm³/mol. The molecule has 0 spiro atoms. The Morgan fingerprint density at radius 2 is 2.31 bits per heavy atom. The number of rotatable bonds is 2. The van der Waals surface area contributed by atoms with E-state index >= 15 is 0 Å². The summed E-state index contributed by atoms with van der Waals surface area (Å²) in [6.07, 6.45) is 3.09. The van der Waals surface area contributed by atoms with Gasteiger partial charge in [-0.05, 0) is 19.3 Å². The predicted octanol–water partition coefficient (Wildman–Crippen LogP) is 2.65. The van der Waals surface area contributed by atoms with E-state index in [0.717, 1.165) is 12.8 Å². The molecule has 2 aliphatic rings. The van der Waals surface area contributed by atoms with Gasteiger partial charge in [0.05, 0.1) is 0 Å². The fraction of sp³-hybridized carbons (Fsp3) is 0.700. The summed E-state index contributed by atoms with van der Waals surface area (Å²) >= 11 is 17.5. The van der Waals surface area contributed by atoms with E-state index in [1.54, 1.807) is 6.08 Å². The number of hydrogen-bond donors (Lipinski definition) is 0. The van der Waals surface area contributed by atoms with Gasteiger partial charge in [0.1, 0.15) is 5.54 Å². The summed E-state index contributed by atoms with van der Waals surface area (Å²) in [5, 5.41) is 0. The zero-order valence-electron chi connectivity index (χ0n) is 8.59. The third kappa shape index (κ3) is 1.74. The standard InChI is InChI=1S/C10H12Cl3NO2/c1-2-4-9-5-3-6-14(9)7(10(11,12)13)16-8(9)15/h2,7H,1,3-6H2/t7-,9?/m1/s1. The van der Waals surface area contributed by atoms with Gasteiger partial charge in [-0.3, -0.25) is 0 Å². The highest BCUT2D eigenvalue weighted by Gasteiger charge is 2.61.